The van der Waals surface area contributed by atoms with Crippen molar-refractivity contribution in [1.82, 2.24) is 10.6 Å². The average Bonchev–Trinajstić information content (AvgIpc) is 2.21. The molecule has 3 amide bonds. The highest BCUT2D eigenvalue weighted by molar-refractivity contribution is 5.89. The van der Waals surface area contributed by atoms with E-state index in [1.807, 2.05) is 0 Å². The van der Waals surface area contributed by atoms with Crippen LogP contribution in [0.25, 0.3) is 0 Å². The summed E-state index contributed by atoms with van der Waals surface area (Å²) in [5.41, 5.74) is 4.90. The summed E-state index contributed by atoms with van der Waals surface area (Å²) in [6.07, 6.45) is -0.241. The number of carboxylic acid groups (broad SMARTS) is 1. The Bertz CT molecular complexity index is 355. The summed E-state index contributed by atoms with van der Waals surface area (Å²) in [5.74, 6) is -2.95. The average molecular weight is 259 g/mol. The molecule has 18 heavy (non-hydrogen) atoms. The molecule has 0 aromatic carbocycles. The molecule has 0 aliphatic carbocycles. The van der Waals surface area contributed by atoms with E-state index in [1.54, 1.807) is 0 Å². The number of nitrogens with two attached hydrogens (primary N) is 1. The molecule has 102 valence electrons. The van der Waals surface area contributed by atoms with E-state index < -0.39 is 35.8 Å². The fraction of sp³-hybridized carbons (Fsp3) is 0.600. The van der Waals surface area contributed by atoms with Crippen molar-refractivity contribution in [3.8, 4) is 0 Å². The van der Waals surface area contributed by atoms with Gasteiger partial charge < -0.3 is 21.5 Å². The lowest BCUT2D eigenvalue weighted by atomic mass is 10.1. The first-order valence-electron chi connectivity index (χ1n) is 5.32. The minimum atomic E-state index is -1.26. The van der Waals surface area contributed by atoms with Gasteiger partial charge in [-0.1, -0.05) is 0 Å². The van der Waals surface area contributed by atoms with Gasteiger partial charge in [-0.05, 0) is 13.3 Å². The number of aliphatic carboxylic acids is 1. The number of hydrogen-bond acceptors (Lipinski definition) is 4. The van der Waals surface area contributed by atoms with Crippen LogP contribution in [0.1, 0.15) is 26.7 Å². The fourth-order valence-corrected chi connectivity index (χ4v) is 1.21. The second-order valence-corrected chi connectivity index (χ2v) is 3.83. The Labute approximate surface area is 104 Å². The molecular weight excluding hydrogens is 242 g/mol. The second-order valence-electron chi connectivity index (χ2n) is 3.83. The van der Waals surface area contributed by atoms with E-state index in [9.17, 15) is 19.2 Å². The molecule has 0 unspecified atom stereocenters. The molecule has 0 aliphatic heterocycles. The van der Waals surface area contributed by atoms with Crippen molar-refractivity contribution >= 4 is 23.7 Å². The highest BCUT2D eigenvalue weighted by atomic mass is 16.4. The number of nitrogens with one attached hydrogen (secondary N) is 2. The van der Waals surface area contributed by atoms with Crippen LogP contribution in [0.5, 0.6) is 0 Å². The second kappa shape index (κ2) is 7.25. The van der Waals surface area contributed by atoms with Crippen molar-refractivity contribution in [2.45, 2.75) is 38.8 Å². The monoisotopic (exact) mass is 259 g/mol. The lowest BCUT2D eigenvalue weighted by Gasteiger charge is -2.17. The zero-order chi connectivity index (χ0) is 14.3. The van der Waals surface area contributed by atoms with Crippen LogP contribution < -0.4 is 16.4 Å². The van der Waals surface area contributed by atoms with Crippen LogP contribution in [0.3, 0.4) is 0 Å². The summed E-state index contributed by atoms with van der Waals surface area (Å²) in [6, 6.07) is -2.06. The van der Waals surface area contributed by atoms with Crippen LogP contribution in [-0.2, 0) is 19.2 Å². The number of hydrogen-bond donors (Lipinski definition) is 4. The third-order valence-electron chi connectivity index (χ3n) is 2.11. The number of primary amides is 1. The Morgan fingerprint density at radius 2 is 1.78 bits per heavy atom. The molecule has 5 N–H and O–H groups in total. The Morgan fingerprint density at radius 1 is 1.22 bits per heavy atom. The zero-order valence-electron chi connectivity index (χ0n) is 10.2. The molecule has 0 radical (unpaired) electrons. The van der Waals surface area contributed by atoms with E-state index in [-0.39, 0.29) is 12.8 Å². The molecule has 0 bridgehead atoms. The van der Waals surface area contributed by atoms with E-state index in [0.717, 1.165) is 0 Å². The maximum absolute atomic E-state index is 11.5. The highest BCUT2D eigenvalue weighted by Crippen LogP contribution is 1.98. The number of carboxylic acids is 1. The molecule has 0 rings (SSSR count). The SMILES string of the molecule is CC(=O)N[C@H](C)C(=O)N[C@H](CCC(N)=O)C(=O)O. The number of carbonyl (C=O) groups is 4. The van der Waals surface area contributed by atoms with Gasteiger partial charge in [-0.15, -0.1) is 0 Å². The van der Waals surface area contributed by atoms with E-state index in [1.165, 1.54) is 13.8 Å². The van der Waals surface area contributed by atoms with Crippen LogP contribution in [-0.4, -0.2) is 40.9 Å². The molecule has 2 atom stereocenters. The molecule has 0 aromatic rings. The van der Waals surface area contributed by atoms with Crippen molar-refractivity contribution in [1.29, 1.82) is 0 Å². The number of carbonyl (C=O) groups excluding carboxylic acids is 3. The summed E-state index contributed by atoms with van der Waals surface area (Å²) >= 11 is 0. The predicted octanol–water partition coefficient (Wildman–Crippen LogP) is -1.65. The van der Waals surface area contributed by atoms with Crippen LogP contribution >= 0.6 is 0 Å². The lowest BCUT2D eigenvalue weighted by molar-refractivity contribution is -0.142. The summed E-state index contributed by atoms with van der Waals surface area (Å²) in [5, 5.41) is 13.4. The first-order chi connectivity index (χ1) is 8.23. The van der Waals surface area contributed by atoms with Gasteiger partial charge in [-0.25, -0.2) is 4.79 Å². The molecule has 0 spiro atoms. The first kappa shape index (κ1) is 15.9. The van der Waals surface area contributed by atoms with Gasteiger partial charge in [0.05, 0.1) is 0 Å². The highest BCUT2D eigenvalue weighted by Gasteiger charge is 2.23. The fourth-order valence-electron chi connectivity index (χ4n) is 1.21. The summed E-state index contributed by atoms with van der Waals surface area (Å²) in [6.45, 7) is 2.66. The molecule has 8 nitrogen and oxygen atoms in total. The Balaban J connectivity index is 4.40. The van der Waals surface area contributed by atoms with E-state index >= 15 is 0 Å². The van der Waals surface area contributed by atoms with Gasteiger partial charge in [-0.2, -0.15) is 0 Å². The van der Waals surface area contributed by atoms with Crippen LogP contribution in [0.15, 0.2) is 0 Å². The summed E-state index contributed by atoms with van der Waals surface area (Å²) in [7, 11) is 0. The number of rotatable bonds is 7. The van der Waals surface area contributed by atoms with E-state index in [0.29, 0.717) is 0 Å². The molecule has 0 saturated carbocycles. The smallest absolute Gasteiger partial charge is 0.326 e. The molecule has 0 saturated heterocycles. The van der Waals surface area contributed by atoms with Gasteiger partial charge in [-0.3, -0.25) is 14.4 Å². The van der Waals surface area contributed by atoms with Gasteiger partial charge in [0.1, 0.15) is 12.1 Å². The van der Waals surface area contributed by atoms with Crippen molar-refractivity contribution in [2.75, 3.05) is 0 Å². The van der Waals surface area contributed by atoms with Gasteiger partial charge in [0.15, 0.2) is 0 Å². The van der Waals surface area contributed by atoms with E-state index in [4.69, 9.17) is 10.8 Å². The largest absolute Gasteiger partial charge is 0.480 e. The standard InChI is InChI=1S/C10H17N3O5/c1-5(12-6(2)14)9(16)13-7(10(17)18)3-4-8(11)15/h5,7H,3-4H2,1-2H3,(H2,11,15)(H,12,14)(H,13,16)(H,17,18)/t5-,7-/m1/s1. The molecule has 0 heterocycles. The molecule has 8 heteroatoms. The zero-order valence-corrected chi connectivity index (χ0v) is 10.2. The minimum Gasteiger partial charge on any atom is -0.480 e. The van der Waals surface area contributed by atoms with Gasteiger partial charge in [0.25, 0.3) is 0 Å². The van der Waals surface area contributed by atoms with Gasteiger partial charge in [0.2, 0.25) is 17.7 Å². The van der Waals surface area contributed by atoms with E-state index in [2.05, 4.69) is 10.6 Å². The molecular formula is C10H17N3O5. The van der Waals surface area contributed by atoms with Crippen molar-refractivity contribution < 1.29 is 24.3 Å². The van der Waals surface area contributed by atoms with Gasteiger partial charge in [0, 0.05) is 13.3 Å². The topological polar surface area (TPSA) is 139 Å². The summed E-state index contributed by atoms with van der Waals surface area (Å²) in [4.78, 5) is 43.6. The minimum absolute atomic E-state index is 0.0940. The maximum atomic E-state index is 11.5. The third-order valence-corrected chi connectivity index (χ3v) is 2.11. The molecule has 0 aromatic heterocycles. The van der Waals surface area contributed by atoms with Crippen molar-refractivity contribution in [3.63, 3.8) is 0 Å². The van der Waals surface area contributed by atoms with Crippen LogP contribution in [0.2, 0.25) is 0 Å². The first-order valence-corrected chi connectivity index (χ1v) is 5.32. The van der Waals surface area contributed by atoms with Crippen LogP contribution in [0.4, 0.5) is 0 Å². The normalized spacial score (nSPS) is 13.2. The Morgan fingerprint density at radius 3 is 2.17 bits per heavy atom. The maximum Gasteiger partial charge on any atom is 0.326 e. The van der Waals surface area contributed by atoms with Crippen LogP contribution in [0, 0.1) is 0 Å². The van der Waals surface area contributed by atoms with Crippen molar-refractivity contribution in [3.05, 3.63) is 0 Å². The third kappa shape index (κ3) is 6.46. The Kier molecular flexibility index (Phi) is 6.40. The van der Waals surface area contributed by atoms with Gasteiger partial charge >= 0.3 is 5.97 Å². The number of amides is 3. The van der Waals surface area contributed by atoms with Crippen molar-refractivity contribution in [2.24, 2.45) is 5.73 Å². The molecule has 0 aliphatic rings. The molecule has 0 fully saturated rings. The lowest BCUT2D eigenvalue weighted by Crippen LogP contribution is -2.50. The summed E-state index contributed by atoms with van der Waals surface area (Å²) < 4.78 is 0. The Hall–Kier alpha value is -2.12. The quantitative estimate of drug-likeness (QED) is 0.433. The predicted molar refractivity (Wildman–Crippen MR) is 61.3 cm³/mol.